The molecule has 0 radical (unpaired) electrons. The number of unbranched alkanes of at least 4 members (excludes halogenated alkanes) is 56. The lowest BCUT2D eigenvalue weighted by Gasteiger charge is -2.22. The fraction of sp³-hybridized carbons (Fsp3) is 0.899. The van der Waals surface area contributed by atoms with Crippen LogP contribution in [0.3, 0.4) is 0 Å². The van der Waals surface area contributed by atoms with Gasteiger partial charge in [0.25, 0.3) is 0 Å². The van der Waals surface area contributed by atoms with E-state index in [1.165, 1.54) is 347 Å². The molecule has 0 aromatic heterocycles. The molecule has 85 heavy (non-hydrogen) atoms. The lowest BCUT2D eigenvalue weighted by molar-refractivity contribution is -0.143. The molecule has 2 atom stereocenters. The van der Waals surface area contributed by atoms with E-state index in [1.807, 2.05) is 0 Å². The van der Waals surface area contributed by atoms with E-state index in [0.29, 0.717) is 25.9 Å². The number of carbonyl (C=O) groups is 2. The first-order chi connectivity index (χ1) is 42.0. The zero-order valence-electron chi connectivity index (χ0n) is 57.6. The first-order valence-electron chi connectivity index (χ1n) is 38.7. The molecule has 0 aliphatic heterocycles. The largest absolute Gasteiger partial charge is 0.466 e. The second-order valence-corrected chi connectivity index (χ2v) is 26.7. The Bertz CT molecular complexity index is 1380. The predicted molar refractivity (Wildman–Crippen MR) is 375 cm³/mol. The highest BCUT2D eigenvalue weighted by Gasteiger charge is 2.20. The average Bonchev–Trinajstić information content (AvgIpc) is 3.51. The summed E-state index contributed by atoms with van der Waals surface area (Å²) in [4.78, 5) is 24.7. The normalized spacial score (nSPS) is 12.7. The minimum Gasteiger partial charge on any atom is -0.466 e. The number of aliphatic hydroxyl groups is 2. The maximum Gasteiger partial charge on any atom is 0.305 e. The van der Waals surface area contributed by atoms with Gasteiger partial charge >= 0.3 is 5.97 Å². The first-order valence-corrected chi connectivity index (χ1v) is 38.7. The molecule has 0 heterocycles. The molecular formula is C79H151NO5. The van der Waals surface area contributed by atoms with Crippen LogP contribution in [-0.4, -0.2) is 47.4 Å². The summed E-state index contributed by atoms with van der Waals surface area (Å²) in [6.07, 6.45) is 96.5. The Morgan fingerprint density at radius 1 is 0.329 bits per heavy atom. The van der Waals surface area contributed by atoms with Crippen LogP contribution < -0.4 is 5.32 Å². The molecular weight excluding hydrogens is 1040 g/mol. The quantitative estimate of drug-likeness (QED) is 0.0320. The van der Waals surface area contributed by atoms with Crippen molar-refractivity contribution in [3.05, 3.63) is 36.5 Å². The number of ether oxygens (including phenoxy) is 1. The maximum absolute atomic E-state index is 12.6. The number of hydrogen-bond acceptors (Lipinski definition) is 5. The Kier molecular flexibility index (Phi) is 72.9. The molecule has 6 heteroatoms. The Balaban J connectivity index is 3.38. The van der Waals surface area contributed by atoms with Crippen molar-refractivity contribution in [2.75, 3.05) is 13.2 Å². The Morgan fingerprint density at radius 2 is 0.588 bits per heavy atom. The molecule has 2 unspecified atom stereocenters. The molecule has 0 aliphatic carbocycles. The van der Waals surface area contributed by atoms with Crippen LogP contribution in [-0.2, 0) is 14.3 Å². The summed E-state index contributed by atoms with van der Waals surface area (Å²) in [5.41, 5.74) is 0. The maximum atomic E-state index is 12.6. The van der Waals surface area contributed by atoms with Gasteiger partial charge in [-0.3, -0.25) is 9.59 Å². The van der Waals surface area contributed by atoms with Crippen LogP contribution in [0.4, 0.5) is 0 Å². The molecule has 6 nitrogen and oxygen atoms in total. The highest BCUT2D eigenvalue weighted by Crippen LogP contribution is 2.19. The van der Waals surface area contributed by atoms with Crippen LogP contribution in [0.2, 0.25) is 0 Å². The summed E-state index contributed by atoms with van der Waals surface area (Å²) < 4.78 is 5.50. The minimum absolute atomic E-state index is 0.00819. The smallest absolute Gasteiger partial charge is 0.305 e. The van der Waals surface area contributed by atoms with Crippen molar-refractivity contribution in [3.63, 3.8) is 0 Å². The summed E-state index contributed by atoms with van der Waals surface area (Å²) in [6, 6.07) is -0.544. The molecule has 0 saturated carbocycles. The zero-order chi connectivity index (χ0) is 61.3. The molecule has 0 aromatic rings. The zero-order valence-corrected chi connectivity index (χ0v) is 57.6. The molecule has 0 saturated heterocycles. The summed E-state index contributed by atoms with van der Waals surface area (Å²) in [6.45, 7) is 4.97. The Labute approximate surface area is 532 Å². The van der Waals surface area contributed by atoms with E-state index >= 15 is 0 Å². The summed E-state index contributed by atoms with van der Waals surface area (Å²) in [7, 11) is 0. The standard InChI is InChI=1S/C79H151NO5/c1-3-5-7-9-11-13-15-17-19-21-22-23-24-30-33-36-40-43-47-51-55-59-63-67-71-77(82)76(75-81)80-78(83)72-68-64-60-56-52-48-44-41-37-34-31-28-26-25-27-29-32-35-38-42-46-50-54-58-62-66-70-74-85-79(84)73-69-65-61-57-53-49-45-39-20-18-16-14-12-10-8-6-4-2/h12,14,18,20,25-26,76-77,81-82H,3-11,13,15-17,19,21-24,27-75H2,1-2H3,(H,80,83)/b14-12-,20-18-,26-25-. The van der Waals surface area contributed by atoms with Gasteiger partial charge in [0.15, 0.2) is 0 Å². The van der Waals surface area contributed by atoms with E-state index in [4.69, 9.17) is 4.74 Å². The van der Waals surface area contributed by atoms with Gasteiger partial charge < -0.3 is 20.3 Å². The fourth-order valence-electron chi connectivity index (χ4n) is 12.3. The lowest BCUT2D eigenvalue weighted by Crippen LogP contribution is -2.45. The molecule has 0 aromatic carbocycles. The molecule has 0 fully saturated rings. The van der Waals surface area contributed by atoms with Crippen LogP contribution in [0.1, 0.15) is 431 Å². The summed E-state index contributed by atoms with van der Waals surface area (Å²) in [5, 5.41) is 23.5. The van der Waals surface area contributed by atoms with Crippen LogP contribution in [0.15, 0.2) is 36.5 Å². The molecule has 1 amide bonds. The van der Waals surface area contributed by atoms with E-state index in [0.717, 1.165) is 51.4 Å². The third kappa shape index (κ3) is 71.0. The van der Waals surface area contributed by atoms with Gasteiger partial charge in [0.1, 0.15) is 0 Å². The second-order valence-electron chi connectivity index (χ2n) is 26.7. The Morgan fingerprint density at radius 3 is 0.929 bits per heavy atom. The monoisotopic (exact) mass is 1190 g/mol. The predicted octanol–water partition coefficient (Wildman–Crippen LogP) is 25.4. The molecule has 0 aliphatic rings. The van der Waals surface area contributed by atoms with Gasteiger partial charge in [0.05, 0.1) is 25.4 Å². The van der Waals surface area contributed by atoms with E-state index < -0.39 is 12.1 Å². The fourth-order valence-corrected chi connectivity index (χ4v) is 12.3. The average molecular weight is 1200 g/mol. The summed E-state index contributed by atoms with van der Waals surface area (Å²) >= 11 is 0. The van der Waals surface area contributed by atoms with Crippen molar-refractivity contribution < 1.29 is 24.5 Å². The molecule has 0 bridgehead atoms. The number of hydrogen-bond donors (Lipinski definition) is 3. The summed E-state index contributed by atoms with van der Waals surface area (Å²) in [5.74, 6) is -0.0226. The van der Waals surface area contributed by atoms with E-state index in [-0.39, 0.29) is 18.5 Å². The lowest BCUT2D eigenvalue weighted by atomic mass is 10.0. The third-order valence-electron chi connectivity index (χ3n) is 18.2. The van der Waals surface area contributed by atoms with Gasteiger partial charge in [-0.25, -0.2) is 0 Å². The number of esters is 1. The van der Waals surface area contributed by atoms with Crippen molar-refractivity contribution in [1.82, 2.24) is 5.32 Å². The van der Waals surface area contributed by atoms with Gasteiger partial charge in [-0.05, 0) is 83.5 Å². The molecule has 0 spiro atoms. The second kappa shape index (κ2) is 74.5. The van der Waals surface area contributed by atoms with Crippen molar-refractivity contribution in [1.29, 1.82) is 0 Å². The van der Waals surface area contributed by atoms with Crippen molar-refractivity contribution in [2.45, 2.75) is 443 Å². The number of allylic oxidation sites excluding steroid dienone is 6. The Hall–Kier alpha value is -1.92. The van der Waals surface area contributed by atoms with Crippen molar-refractivity contribution >= 4 is 11.9 Å². The van der Waals surface area contributed by atoms with Crippen LogP contribution in [0.25, 0.3) is 0 Å². The van der Waals surface area contributed by atoms with Crippen molar-refractivity contribution in [3.8, 4) is 0 Å². The SMILES string of the molecule is CCCCC/C=C\C/C=C\CCCCCCCCCC(=O)OCCCCCCCCCCCCCC/C=C\CCCCCCCCCCCCCC(=O)NC(CO)C(O)CCCCCCCCCCCCCCCCCCCCCCCCCC. The third-order valence-corrected chi connectivity index (χ3v) is 18.2. The van der Waals surface area contributed by atoms with Crippen LogP contribution in [0, 0.1) is 0 Å². The van der Waals surface area contributed by atoms with Gasteiger partial charge in [-0.2, -0.15) is 0 Å². The molecule has 3 N–H and O–H groups in total. The van der Waals surface area contributed by atoms with Gasteiger partial charge in [-0.1, -0.05) is 371 Å². The van der Waals surface area contributed by atoms with Crippen LogP contribution >= 0.6 is 0 Å². The topological polar surface area (TPSA) is 95.9 Å². The number of carbonyl (C=O) groups excluding carboxylic acids is 2. The van der Waals surface area contributed by atoms with E-state index in [1.54, 1.807) is 0 Å². The van der Waals surface area contributed by atoms with E-state index in [2.05, 4.69) is 55.6 Å². The minimum atomic E-state index is -0.667. The van der Waals surface area contributed by atoms with E-state index in [9.17, 15) is 19.8 Å². The number of nitrogens with one attached hydrogen (secondary N) is 1. The number of rotatable bonds is 73. The van der Waals surface area contributed by atoms with Gasteiger partial charge in [-0.15, -0.1) is 0 Å². The number of aliphatic hydroxyl groups excluding tert-OH is 2. The first kappa shape index (κ1) is 83.1. The van der Waals surface area contributed by atoms with Crippen molar-refractivity contribution in [2.24, 2.45) is 0 Å². The number of amides is 1. The molecule has 502 valence electrons. The van der Waals surface area contributed by atoms with Crippen LogP contribution in [0.5, 0.6) is 0 Å². The highest BCUT2D eigenvalue weighted by atomic mass is 16.5. The molecule has 0 rings (SSSR count). The van der Waals surface area contributed by atoms with Gasteiger partial charge in [0.2, 0.25) is 5.91 Å². The highest BCUT2D eigenvalue weighted by molar-refractivity contribution is 5.76. The van der Waals surface area contributed by atoms with Gasteiger partial charge in [0, 0.05) is 12.8 Å².